The molecular formula is C21H25Cl2F3N2O3. The van der Waals surface area contributed by atoms with E-state index in [1.807, 2.05) is 10.7 Å². The Labute approximate surface area is 189 Å². The molecular weight excluding hydrogens is 456 g/mol. The summed E-state index contributed by atoms with van der Waals surface area (Å²) in [5.74, 6) is -1.20. The van der Waals surface area contributed by atoms with Crippen molar-refractivity contribution in [2.75, 3.05) is 0 Å². The molecule has 0 bridgehead atoms. The summed E-state index contributed by atoms with van der Waals surface area (Å²) in [5, 5.41) is 13.2. The molecule has 0 radical (unpaired) electrons. The van der Waals surface area contributed by atoms with E-state index in [1.165, 1.54) is 25.7 Å². The minimum atomic E-state index is -5.08. The number of alkyl halides is 3. The molecule has 1 aliphatic carbocycles. The van der Waals surface area contributed by atoms with E-state index in [2.05, 4.69) is 13.0 Å². The number of aryl methyl sites for hydroxylation is 1. The molecule has 1 aromatic heterocycles. The summed E-state index contributed by atoms with van der Waals surface area (Å²) in [6, 6.07) is 7.52. The second-order valence-corrected chi connectivity index (χ2v) is 8.23. The van der Waals surface area contributed by atoms with Gasteiger partial charge in [0.1, 0.15) is 6.61 Å². The maximum absolute atomic E-state index is 10.6. The van der Waals surface area contributed by atoms with Crippen LogP contribution in [0.4, 0.5) is 13.2 Å². The number of aromatic nitrogens is 2. The molecule has 172 valence electrons. The smallest absolute Gasteiger partial charge is 0.475 e. The first-order chi connectivity index (χ1) is 14.6. The third kappa shape index (κ3) is 8.26. The van der Waals surface area contributed by atoms with Gasteiger partial charge in [-0.25, -0.2) is 9.48 Å². The van der Waals surface area contributed by atoms with Crippen molar-refractivity contribution < 1.29 is 27.8 Å². The van der Waals surface area contributed by atoms with Crippen LogP contribution in [0, 0.1) is 5.92 Å². The molecule has 1 saturated carbocycles. The van der Waals surface area contributed by atoms with Gasteiger partial charge in [-0.3, -0.25) is 0 Å². The molecule has 2 aromatic rings. The molecule has 0 saturated heterocycles. The molecule has 5 nitrogen and oxygen atoms in total. The third-order valence-electron chi connectivity index (χ3n) is 4.83. The molecule has 1 fully saturated rings. The lowest BCUT2D eigenvalue weighted by Crippen LogP contribution is -2.21. The highest BCUT2D eigenvalue weighted by atomic mass is 35.5. The van der Waals surface area contributed by atoms with Crippen LogP contribution in [0.15, 0.2) is 24.3 Å². The zero-order chi connectivity index (χ0) is 23.0. The number of nitrogens with zero attached hydrogens (tertiary/aromatic N) is 2. The Morgan fingerprint density at radius 2 is 1.90 bits per heavy atom. The van der Waals surface area contributed by atoms with Crippen molar-refractivity contribution in [2.45, 2.75) is 64.8 Å². The predicted octanol–water partition coefficient (Wildman–Crippen LogP) is 6.54. The molecule has 0 unspecified atom stereocenters. The van der Waals surface area contributed by atoms with Crippen LogP contribution in [-0.2, 0) is 24.4 Å². The van der Waals surface area contributed by atoms with E-state index in [4.69, 9.17) is 42.9 Å². The van der Waals surface area contributed by atoms with E-state index in [1.54, 1.807) is 12.1 Å². The van der Waals surface area contributed by atoms with Crippen molar-refractivity contribution in [3.05, 3.63) is 45.6 Å². The average molecular weight is 481 g/mol. The van der Waals surface area contributed by atoms with E-state index in [0.29, 0.717) is 16.7 Å². The van der Waals surface area contributed by atoms with Crippen molar-refractivity contribution in [2.24, 2.45) is 5.92 Å². The van der Waals surface area contributed by atoms with Gasteiger partial charge in [-0.05, 0) is 43.4 Å². The third-order valence-corrected chi connectivity index (χ3v) is 5.44. The summed E-state index contributed by atoms with van der Waals surface area (Å²) in [6.45, 7) is 3.52. The zero-order valence-corrected chi connectivity index (χ0v) is 18.6. The number of benzene rings is 1. The van der Waals surface area contributed by atoms with Crippen molar-refractivity contribution >= 4 is 29.2 Å². The lowest BCUT2D eigenvalue weighted by Gasteiger charge is -2.13. The van der Waals surface area contributed by atoms with Crippen molar-refractivity contribution in [1.82, 2.24) is 9.78 Å². The standard InChI is InChI=1S/C19H24Cl2N2O.C2HF3O2/c1-2-5-17-11-19(23(22-17)12-14-6-3-4-7-14)24-13-15-10-16(20)8-9-18(15)21;3-2(4,5)1(6)7/h8-11,14H,2-7,12-13H2,1H3;(H,6,7). The molecule has 1 heterocycles. The van der Waals surface area contributed by atoms with Gasteiger partial charge in [0.15, 0.2) is 0 Å². The first-order valence-corrected chi connectivity index (χ1v) is 10.8. The normalized spacial score (nSPS) is 14.3. The Balaban J connectivity index is 0.000000423. The van der Waals surface area contributed by atoms with Gasteiger partial charge in [0.25, 0.3) is 0 Å². The van der Waals surface area contributed by atoms with Crippen LogP contribution in [-0.4, -0.2) is 27.0 Å². The van der Waals surface area contributed by atoms with Crippen LogP contribution in [0.3, 0.4) is 0 Å². The fraction of sp³-hybridized carbons (Fsp3) is 0.524. The number of rotatable bonds is 7. The first kappa shape index (κ1) is 25.3. The van der Waals surface area contributed by atoms with E-state index in [-0.39, 0.29) is 0 Å². The molecule has 31 heavy (non-hydrogen) atoms. The maximum atomic E-state index is 10.6. The van der Waals surface area contributed by atoms with Crippen LogP contribution in [0.1, 0.15) is 50.3 Å². The topological polar surface area (TPSA) is 64.4 Å². The van der Waals surface area contributed by atoms with Crippen molar-refractivity contribution in [3.63, 3.8) is 0 Å². The maximum Gasteiger partial charge on any atom is 0.490 e. The fourth-order valence-electron chi connectivity index (χ4n) is 3.32. The van der Waals surface area contributed by atoms with Gasteiger partial charge in [0, 0.05) is 28.2 Å². The molecule has 0 atom stereocenters. The van der Waals surface area contributed by atoms with Crippen LogP contribution >= 0.6 is 23.2 Å². The fourth-order valence-corrected chi connectivity index (χ4v) is 3.69. The second-order valence-electron chi connectivity index (χ2n) is 7.38. The van der Waals surface area contributed by atoms with Crippen LogP contribution in [0.2, 0.25) is 10.0 Å². The number of carboxylic acids is 1. The Morgan fingerprint density at radius 1 is 1.26 bits per heavy atom. The monoisotopic (exact) mass is 480 g/mol. The highest BCUT2D eigenvalue weighted by Crippen LogP contribution is 2.29. The lowest BCUT2D eigenvalue weighted by molar-refractivity contribution is -0.192. The summed E-state index contributed by atoms with van der Waals surface area (Å²) < 4.78 is 39.8. The molecule has 0 spiro atoms. The van der Waals surface area contributed by atoms with Gasteiger partial charge in [-0.1, -0.05) is 49.4 Å². The van der Waals surface area contributed by atoms with Crippen LogP contribution in [0.5, 0.6) is 5.88 Å². The number of hydrogen-bond acceptors (Lipinski definition) is 3. The zero-order valence-electron chi connectivity index (χ0n) is 17.1. The minimum Gasteiger partial charge on any atom is -0.475 e. The molecule has 0 amide bonds. The van der Waals surface area contributed by atoms with Gasteiger partial charge >= 0.3 is 12.1 Å². The quantitative estimate of drug-likeness (QED) is 0.488. The van der Waals surface area contributed by atoms with E-state index < -0.39 is 12.1 Å². The Morgan fingerprint density at radius 3 is 2.48 bits per heavy atom. The molecule has 3 rings (SSSR count). The highest BCUT2D eigenvalue weighted by Gasteiger charge is 2.38. The van der Waals surface area contributed by atoms with Crippen LogP contribution < -0.4 is 4.74 Å². The summed E-state index contributed by atoms with van der Waals surface area (Å²) in [7, 11) is 0. The number of halogens is 5. The molecule has 1 aromatic carbocycles. The summed E-state index contributed by atoms with van der Waals surface area (Å²) >= 11 is 12.3. The minimum absolute atomic E-state index is 0.404. The first-order valence-electron chi connectivity index (χ1n) is 10.0. The number of aliphatic carboxylic acids is 1. The van der Waals surface area contributed by atoms with Crippen LogP contribution in [0.25, 0.3) is 0 Å². The summed E-state index contributed by atoms with van der Waals surface area (Å²) in [6.07, 6.45) is 2.24. The van der Waals surface area contributed by atoms with Gasteiger partial charge < -0.3 is 9.84 Å². The Kier molecular flexibility index (Phi) is 9.50. The summed E-state index contributed by atoms with van der Waals surface area (Å²) in [5.41, 5.74) is 2.00. The number of carbonyl (C=O) groups is 1. The highest BCUT2D eigenvalue weighted by molar-refractivity contribution is 6.33. The van der Waals surface area contributed by atoms with Crippen molar-refractivity contribution in [3.8, 4) is 5.88 Å². The van der Waals surface area contributed by atoms with Gasteiger partial charge in [0.05, 0.1) is 5.69 Å². The van der Waals surface area contributed by atoms with E-state index >= 15 is 0 Å². The molecule has 10 heteroatoms. The van der Waals surface area contributed by atoms with Gasteiger partial charge in [-0.2, -0.15) is 18.3 Å². The lowest BCUT2D eigenvalue weighted by atomic mass is 10.1. The summed E-state index contributed by atoms with van der Waals surface area (Å²) in [4.78, 5) is 8.90. The molecule has 0 aliphatic heterocycles. The number of hydrogen-bond donors (Lipinski definition) is 1. The Bertz CT molecular complexity index is 866. The Hall–Kier alpha value is -1.93. The molecule has 1 aliphatic rings. The molecule has 1 N–H and O–H groups in total. The SMILES string of the molecule is CCCc1cc(OCc2cc(Cl)ccc2Cl)n(CC2CCCC2)n1.O=C(O)C(F)(F)F. The van der Waals surface area contributed by atoms with E-state index in [0.717, 1.165) is 42.4 Å². The average Bonchev–Trinajstić information content (AvgIpc) is 3.33. The van der Waals surface area contributed by atoms with E-state index in [9.17, 15) is 13.2 Å². The van der Waals surface area contributed by atoms with Gasteiger partial charge in [-0.15, -0.1) is 0 Å². The predicted molar refractivity (Wildman–Crippen MR) is 113 cm³/mol. The number of ether oxygens (including phenoxy) is 1. The second kappa shape index (κ2) is 11.6. The largest absolute Gasteiger partial charge is 0.490 e. The number of carboxylic acid groups (broad SMARTS) is 1. The van der Waals surface area contributed by atoms with Gasteiger partial charge in [0.2, 0.25) is 5.88 Å². The van der Waals surface area contributed by atoms with Crippen molar-refractivity contribution in [1.29, 1.82) is 0 Å².